The fraction of sp³-hybridized carbons (Fsp3) is 0.308. The molecule has 0 bridgehead atoms. The molecule has 0 aliphatic heterocycles. The maximum atomic E-state index is 13.5. The van der Waals surface area contributed by atoms with E-state index in [1.54, 1.807) is 12.3 Å². The number of nitro groups is 1. The number of rotatable bonds is 5. The predicted molar refractivity (Wildman–Crippen MR) is 75.0 cm³/mol. The van der Waals surface area contributed by atoms with Gasteiger partial charge in [-0.3, -0.25) is 10.1 Å². The van der Waals surface area contributed by atoms with Crippen LogP contribution in [0.5, 0.6) is 0 Å². The van der Waals surface area contributed by atoms with Crippen LogP contribution in [0, 0.1) is 15.9 Å². The molecule has 2 aromatic rings. The van der Waals surface area contributed by atoms with Gasteiger partial charge in [0, 0.05) is 24.2 Å². The van der Waals surface area contributed by atoms with Crippen molar-refractivity contribution < 1.29 is 9.31 Å². The van der Waals surface area contributed by atoms with Crippen LogP contribution in [0.2, 0.25) is 0 Å². The first-order valence-electron chi connectivity index (χ1n) is 5.98. The topological polar surface area (TPSA) is 68.1 Å². The van der Waals surface area contributed by atoms with E-state index in [1.165, 1.54) is 23.5 Å². The van der Waals surface area contributed by atoms with Crippen LogP contribution in [0.3, 0.4) is 0 Å². The number of halogens is 1. The van der Waals surface area contributed by atoms with Crippen LogP contribution in [0.25, 0.3) is 0 Å². The summed E-state index contributed by atoms with van der Waals surface area (Å²) in [5.41, 5.74) is -0.197. The average molecular weight is 295 g/mol. The first-order valence-corrected chi connectivity index (χ1v) is 6.86. The van der Waals surface area contributed by atoms with Gasteiger partial charge < -0.3 is 5.32 Å². The molecular weight excluding hydrogens is 281 g/mol. The van der Waals surface area contributed by atoms with Crippen molar-refractivity contribution in [2.75, 3.05) is 0 Å². The zero-order valence-corrected chi connectivity index (χ0v) is 11.9. The Bertz CT molecular complexity index is 614. The van der Waals surface area contributed by atoms with Crippen LogP contribution in [-0.2, 0) is 12.1 Å². The minimum absolute atomic E-state index is 0.341. The molecule has 0 radical (unpaired) electrons. The van der Waals surface area contributed by atoms with E-state index in [-0.39, 0.29) is 5.54 Å². The Morgan fingerprint density at radius 1 is 1.50 bits per heavy atom. The van der Waals surface area contributed by atoms with Gasteiger partial charge in [-0.05, 0) is 25.5 Å². The van der Waals surface area contributed by atoms with Crippen molar-refractivity contribution in [2.45, 2.75) is 25.9 Å². The largest absolute Gasteiger partial charge is 0.304 e. The van der Waals surface area contributed by atoms with Crippen molar-refractivity contribution in [3.63, 3.8) is 0 Å². The van der Waals surface area contributed by atoms with E-state index in [4.69, 9.17) is 0 Å². The standard InChI is InChI=1S/C13H14FN3O2S/c1-13(2,12-15-5-6-20-12)16-8-9-3-4-11(17(18)19)10(14)7-9/h3-7,16H,8H2,1-2H3. The van der Waals surface area contributed by atoms with E-state index in [9.17, 15) is 14.5 Å². The molecule has 0 fully saturated rings. The second-order valence-corrected chi connectivity index (χ2v) is 5.75. The SMILES string of the molecule is CC(C)(NCc1ccc([N+](=O)[O-])c(F)c1)c1nccs1. The predicted octanol–water partition coefficient (Wildman–Crippen LogP) is 3.22. The summed E-state index contributed by atoms with van der Waals surface area (Å²) in [6.45, 7) is 4.36. The zero-order chi connectivity index (χ0) is 14.8. The second kappa shape index (κ2) is 5.64. The third-order valence-electron chi connectivity index (χ3n) is 2.91. The van der Waals surface area contributed by atoms with Crippen molar-refractivity contribution in [3.05, 3.63) is 56.3 Å². The van der Waals surface area contributed by atoms with Gasteiger partial charge in [-0.25, -0.2) is 4.98 Å². The molecule has 0 saturated heterocycles. The number of nitrogens with one attached hydrogen (secondary N) is 1. The van der Waals surface area contributed by atoms with Crippen molar-refractivity contribution >= 4 is 17.0 Å². The second-order valence-electron chi connectivity index (χ2n) is 4.86. The third kappa shape index (κ3) is 3.17. The molecule has 1 heterocycles. The monoisotopic (exact) mass is 295 g/mol. The van der Waals surface area contributed by atoms with Gasteiger partial charge >= 0.3 is 5.69 Å². The molecule has 0 saturated carbocycles. The fourth-order valence-electron chi connectivity index (χ4n) is 1.74. The molecule has 0 unspecified atom stereocenters. The molecule has 7 heteroatoms. The van der Waals surface area contributed by atoms with Gasteiger partial charge in [-0.2, -0.15) is 4.39 Å². The minimum Gasteiger partial charge on any atom is -0.302 e. The highest BCUT2D eigenvalue weighted by molar-refractivity contribution is 7.09. The van der Waals surface area contributed by atoms with E-state index in [0.717, 1.165) is 5.01 Å². The van der Waals surface area contributed by atoms with Crippen molar-refractivity contribution in [1.82, 2.24) is 10.3 Å². The summed E-state index contributed by atoms with van der Waals surface area (Å²) >= 11 is 1.54. The number of benzene rings is 1. The first-order chi connectivity index (χ1) is 9.40. The van der Waals surface area contributed by atoms with Crippen LogP contribution < -0.4 is 5.32 Å². The quantitative estimate of drug-likeness (QED) is 0.679. The van der Waals surface area contributed by atoms with Gasteiger partial charge in [-0.15, -0.1) is 11.3 Å². The summed E-state index contributed by atoms with van der Waals surface area (Å²) in [6.07, 6.45) is 1.73. The molecule has 0 spiro atoms. The Balaban J connectivity index is 2.08. The van der Waals surface area contributed by atoms with Crippen molar-refractivity contribution in [1.29, 1.82) is 0 Å². The van der Waals surface area contributed by atoms with Crippen LogP contribution in [0.4, 0.5) is 10.1 Å². The van der Waals surface area contributed by atoms with Gasteiger partial charge in [0.05, 0.1) is 10.5 Å². The lowest BCUT2D eigenvalue weighted by atomic mass is 10.1. The molecular formula is C13H14FN3O2S. The average Bonchev–Trinajstić information content (AvgIpc) is 2.90. The molecule has 0 amide bonds. The summed E-state index contributed by atoms with van der Waals surface area (Å²) in [5, 5.41) is 16.6. The molecule has 106 valence electrons. The van der Waals surface area contributed by atoms with Gasteiger partial charge in [0.1, 0.15) is 5.01 Å². The number of nitrogens with zero attached hydrogens (tertiary/aromatic N) is 2. The van der Waals surface area contributed by atoms with E-state index >= 15 is 0 Å². The van der Waals surface area contributed by atoms with Crippen LogP contribution in [-0.4, -0.2) is 9.91 Å². The van der Waals surface area contributed by atoms with Gasteiger partial charge in [-0.1, -0.05) is 6.07 Å². The van der Waals surface area contributed by atoms with Crippen molar-refractivity contribution in [3.8, 4) is 0 Å². The van der Waals surface area contributed by atoms with Gasteiger partial charge in [0.25, 0.3) is 0 Å². The molecule has 20 heavy (non-hydrogen) atoms. The summed E-state index contributed by atoms with van der Waals surface area (Å²) in [5.74, 6) is -0.818. The first kappa shape index (κ1) is 14.5. The summed E-state index contributed by atoms with van der Waals surface area (Å²) in [7, 11) is 0. The lowest BCUT2D eigenvalue weighted by Gasteiger charge is -2.23. The molecule has 0 aliphatic rings. The van der Waals surface area contributed by atoms with Crippen LogP contribution in [0.15, 0.2) is 29.8 Å². The van der Waals surface area contributed by atoms with Crippen LogP contribution in [0.1, 0.15) is 24.4 Å². The Labute approximate surface area is 119 Å². The van der Waals surface area contributed by atoms with Crippen LogP contribution >= 0.6 is 11.3 Å². The normalized spacial score (nSPS) is 11.6. The number of thiazole rings is 1. The summed E-state index contributed by atoms with van der Waals surface area (Å²) < 4.78 is 13.5. The van der Waals surface area contributed by atoms with Gasteiger partial charge in [0.15, 0.2) is 0 Å². The highest BCUT2D eigenvalue weighted by atomic mass is 32.1. The zero-order valence-electron chi connectivity index (χ0n) is 11.1. The van der Waals surface area contributed by atoms with E-state index in [2.05, 4.69) is 10.3 Å². The number of hydrogen-bond donors (Lipinski definition) is 1. The summed E-state index contributed by atoms with van der Waals surface area (Å²) in [4.78, 5) is 14.1. The van der Waals surface area contributed by atoms with Crippen molar-refractivity contribution in [2.24, 2.45) is 0 Å². The maximum absolute atomic E-state index is 13.5. The Morgan fingerprint density at radius 3 is 2.80 bits per heavy atom. The number of nitro benzene ring substituents is 1. The lowest BCUT2D eigenvalue weighted by Crippen LogP contribution is -2.35. The fourth-order valence-corrected chi connectivity index (χ4v) is 2.48. The molecule has 1 N–H and O–H groups in total. The molecule has 0 atom stereocenters. The Hall–Kier alpha value is -1.86. The van der Waals surface area contributed by atoms with Gasteiger partial charge in [0.2, 0.25) is 5.82 Å². The highest BCUT2D eigenvalue weighted by Gasteiger charge is 2.22. The lowest BCUT2D eigenvalue weighted by molar-refractivity contribution is -0.387. The smallest absolute Gasteiger partial charge is 0.302 e. The van der Waals surface area contributed by atoms with E-state index in [1.807, 2.05) is 19.2 Å². The molecule has 1 aromatic heterocycles. The Morgan fingerprint density at radius 2 is 2.25 bits per heavy atom. The number of hydrogen-bond acceptors (Lipinski definition) is 5. The maximum Gasteiger partial charge on any atom is 0.304 e. The van der Waals surface area contributed by atoms with E-state index in [0.29, 0.717) is 12.1 Å². The Kier molecular flexibility index (Phi) is 4.10. The molecule has 5 nitrogen and oxygen atoms in total. The minimum atomic E-state index is -0.818. The molecule has 2 rings (SSSR count). The van der Waals surface area contributed by atoms with E-state index < -0.39 is 16.4 Å². The molecule has 1 aromatic carbocycles. The highest BCUT2D eigenvalue weighted by Crippen LogP contribution is 2.23. The molecule has 0 aliphatic carbocycles. The summed E-state index contributed by atoms with van der Waals surface area (Å²) in [6, 6.07) is 3.91. The number of aromatic nitrogens is 1. The third-order valence-corrected chi connectivity index (χ3v) is 4.01.